The number of benzene rings is 1. The number of ether oxygens (including phenoxy) is 4. The lowest BCUT2D eigenvalue weighted by atomic mass is 9.91. The Balaban J connectivity index is 2.33. The van der Waals surface area contributed by atoms with Gasteiger partial charge in [-0.3, -0.25) is 0 Å². The van der Waals surface area contributed by atoms with Gasteiger partial charge >= 0.3 is 78.8 Å². The van der Waals surface area contributed by atoms with Crippen LogP contribution in [0.4, 0.5) is 114 Å². The van der Waals surface area contributed by atoms with E-state index in [9.17, 15) is 114 Å². The van der Waals surface area contributed by atoms with Crippen LogP contribution < -0.4 is 4.74 Å². The first-order valence-electron chi connectivity index (χ1n) is 16.6. The average molecular weight is 982 g/mol. The van der Waals surface area contributed by atoms with E-state index in [4.69, 9.17) is 0 Å². The van der Waals surface area contributed by atoms with Gasteiger partial charge in [0, 0.05) is 18.0 Å². The van der Waals surface area contributed by atoms with Crippen molar-refractivity contribution in [2.75, 3.05) is 0 Å². The second-order valence-electron chi connectivity index (χ2n) is 12.7. The van der Waals surface area contributed by atoms with Gasteiger partial charge in [-0.25, -0.2) is 24.2 Å². The Hall–Kier alpha value is -3.84. The van der Waals surface area contributed by atoms with Crippen LogP contribution in [0.3, 0.4) is 0 Å². The quantitative estimate of drug-likeness (QED) is 0.0771. The van der Waals surface area contributed by atoms with Gasteiger partial charge in [0.05, 0.1) is 0 Å². The van der Waals surface area contributed by atoms with E-state index in [0.29, 0.717) is 24.1 Å². The summed E-state index contributed by atoms with van der Waals surface area (Å²) in [4.78, 5) is 7.93. The molecule has 0 radical (unpaired) electrons. The van der Waals surface area contributed by atoms with Gasteiger partial charge < -0.3 is 4.74 Å². The molecule has 2 aromatic rings. The summed E-state index contributed by atoms with van der Waals surface area (Å²) >= 11 is 0. The molecular formula is C31H24F26N2O4. The first kappa shape index (κ1) is 55.3. The van der Waals surface area contributed by atoms with Gasteiger partial charge in [0.2, 0.25) is 0 Å². The maximum absolute atomic E-state index is 14.4. The van der Waals surface area contributed by atoms with Crippen molar-refractivity contribution in [3.8, 4) is 17.1 Å². The van der Waals surface area contributed by atoms with Crippen LogP contribution in [0.5, 0.6) is 5.75 Å². The van der Waals surface area contributed by atoms with E-state index >= 15 is 0 Å². The molecule has 0 spiro atoms. The molecule has 1 heterocycles. The summed E-state index contributed by atoms with van der Waals surface area (Å²) in [5, 5.41) is 0. The van der Waals surface area contributed by atoms with E-state index in [2.05, 4.69) is 14.7 Å². The fourth-order valence-corrected chi connectivity index (χ4v) is 4.51. The zero-order chi connectivity index (χ0) is 49.3. The molecule has 32 heteroatoms. The number of nitrogens with zero attached hydrogens (tertiary/aromatic N) is 2. The summed E-state index contributed by atoms with van der Waals surface area (Å²) in [6.07, 6.45) is -44.5. The molecule has 0 amide bonds. The molecule has 1 unspecified atom stereocenters. The standard InChI is InChI=1S/C31H24F26N2O4/c1-2-3-4-5-6-7-8-15-13-58-18(59-14-15)16-9-11-17(12-10-16)60-19(32)20(33,34)21(35,36)22(37,38)23(39,40)24(41,42)25(43,44)26(45,46)61-27(47,48)28(49,50)62-29(51,52)30(53,54)63-31(55,56)57/h9-14,19H,2-8H2,1H3. The SMILES string of the molecule is CCCCCCCCc1cnc(-c2ccc(OC(F)C(F)(F)C(F)(F)C(F)(F)C(F)(F)C(F)(F)C(F)(F)C(F)(F)OC(F)(F)C(F)(F)OC(F)(F)C(F)(F)OC(F)(F)F)cc2)nc1. The normalized spacial score (nSPS) is 15.5. The zero-order valence-electron chi connectivity index (χ0n) is 30.3. The Labute approximate surface area is 333 Å². The van der Waals surface area contributed by atoms with Crippen LogP contribution in [0.2, 0.25) is 0 Å². The first-order valence-corrected chi connectivity index (χ1v) is 16.6. The Morgan fingerprint density at radius 3 is 1.29 bits per heavy atom. The minimum absolute atomic E-state index is 0.0832. The third-order valence-electron chi connectivity index (χ3n) is 7.96. The maximum Gasteiger partial charge on any atom is 0.527 e. The molecule has 6 nitrogen and oxygen atoms in total. The second-order valence-corrected chi connectivity index (χ2v) is 12.7. The van der Waals surface area contributed by atoms with Crippen molar-refractivity contribution in [1.82, 2.24) is 9.97 Å². The molecule has 0 saturated carbocycles. The van der Waals surface area contributed by atoms with Gasteiger partial charge in [0.15, 0.2) is 5.82 Å². The summed E-state index contributed by atoms with van der Waals surface area (Å²) in [6.45, 7) is 2.02. The van der Waals surface area contributed by atoms with Gasteiger partial charge in [0.1, 0.15) is 5.75 Å². The number of aromatic nitrogens is 2. The summed E-state index contributed by atoms with van der Waals surface area (Å²) in [7, 11) is 0. The van der Waals surface area contributed by atoms with Crippen LogP contribution in [-0.4, -0.2) is 88.8 Å². The largest absolute Gasteiger partial charge is 0.527 e. The molecule has 0 N–H and O–H groups in total. The van der Waals surface area contributed by atoms with Crippen molar-refractivity contribution < 1.29 is 133 Å². The molecule has 2 rings (SSSR count). The molecule has 1 aromatic heterocycles. The van der Waals surface area contributed by atoms with Gasteiger partial charge in [-0.15, -0.1) is 13.2 Å². The minimum atomic E-state index is -9.30. The average Bonchev–Trinajstić information content (AvgIpc) is 3.11. The second kappa shape index (κ2) is 18.2. The number of aryl methyl sites for hydroxylation is 1. The monoisotopic (exact) mass is 982 g/mol. The Morgan fingerprint density at radius 1 is 0.460 bits per heavy atom. The molecule has 364 valence electrons. The van der Waals surface area contributed by atoms with Crippen molar-refractivity contribution in [3.05, 3.63) is 42.2 Å². The number of alkyl halides is 26. The highest BCUT2D eigenvalue weighted by Gasteiger charge is 2.95. The van der Waals surface area contributed by atoms with Crippen molar-refractivity contribution in [2.45, 2.75) is 131 Å². The van der Waals surface area contributed by atoms with Crippen LogP contribution in [0, 0.1) is 0 Å². The van der Waals surface area contributed by atoms with E-state index < -0.39 is 84.5 Å². The van der Waals surface area contributed by atoms with Gasteiger partial charge in [-0.2, -0.15) is 101 Å². The predicted molar refractivity (Wildman–Crippen MR) is 154 cm³/mol. The summed E-state index contributed by atoms with van der Waals surface area (Å²) in [6, 6.07) is 2.26. The van der Waals surface area contributed by atoms with Crippen LogP contribution in [0.1, 0.15) is 51.0 Å². The lowest BCUT2D eigenvalue weighted by molar-refractivity contribution is -0.574. The van der Waals surface area contributed by atoms with Crippen molar-refractivity contribution in [2.24, 2.45) is 0 Å². The summed E-state index contributed by atoms with van der Waals surface area (Å²) in [5.41, 5.74) is 0.557. The smallest absolute Gasteiger partial charge is 0.454 e. The van der Waals surface area contributed by atoms with Gasteiger partial charge in [-0.05, 0) is 42.7 Å². The Morgan fingerprint density at radius 2 is 0.841 bits per heavy atom. The van der Waals surface area contributed by atoms with Crippen LogP contribution in [-0.2, 0) is 20.6 Å². The van der Waals surface area contributed by atoms with E-state index in [1.165, 1.54) is 21.9 Å². The van der Waals surface area contributed by atoms with Crippen LogP contribution >= 0.6 is 0 Å². The van der Waals surface area contributed by atoms with E-state index in [0.717, 1.165) is 55.4 Å². The number of halogens is 26. The molecule has 0 aliphatic carbocycles. The molecule has 63 heavy (non-hydrogen) atoms. The van der Waals surface area contributed by atoms with Gasteiger partial charge in [0.25, 0.3) is 0 Å². The molecule has 0 fully saturated rings. The fraction of sp³-hybridized carbons (Fsp3) is 0.677. The predicted octanol–water partition coefficient (Wildman–Crippen LogP) is 13.1. The molecular weight excluding hydrogens is 958 g/mol. The lowest BCUT2D eigenvalue weighted by Gasteiger charge is -2.43. The number of unbranched alkanes of at least 4 members (excludes halogenated alkanes) is 5. The molecule has 1 atom stereocenters. The Kier molecular flexibility index (Phi) is 16.0. The fourth-order valence-electron chi connectivity index (χ4n) is 4.51. The first-order chi connectivity index (χ1) is 28.0. The number of hydrogen-bond donors (Lipinski definition) is 0. The van der Waals surface area contributed by atoms with Gasteiger partial charge in [-0.1, -0.05) is 39.0 Å². The van der Waals surface area contributed by atoms with E-state index in [1.807, 2.05) is 6.92 Å². The minimum Gasteiger partial charge on any atom is -0.454 e. The highest BCUT2D eigenvalue weighted by molar-refractivity contribution is 5.56. The van der Waals surface area contributed by atoms with Crippen LogP contribution in [0.15, 0.2) is 36.7 Å². The maximum atomic E-state index is 14.4. The highest BCUT2D eigenvalue weighted by Crippen LogP contribution is 2.64. The third kappa shape index (κ3) is 11.2. The molecule has 0 saturated heterocycles. The molecule has 0 bridgehead atoms. The topological polar surface area (TPSA) is 62.7 Å². The van der Waals surface area contributed by atoms with Crippen molar-refractivity contribution in [1.29, 1.82) is 0 Å². The van der Waals surface area contributed by atoms with Crippen molar-refractivity contribution >= 4 is 0 Å². The zero-order valence-corrected chi connectivity index (χ0v) is 30.3. The molecule has 1 aromatic carbocycles. The Bertz CT molecular complexity index is 1790. The lowest BCUT2D eigenvalue weighted by Crippen LogP contribution is -2.74. The summed E-state index contributed by atoms with van der Waals surface area (Å²) in [5.74, 6) is -54.5. The van der Waals surface area contributed by atoms with Crippen molar-refractivity contribution in [3.63, 3.8) is 0 Å². The summed E-state index contributed by atoms with van der Waals surface area (Å²) < 4.78 is 362. The van der Waals surface area contributed by atoms with Crippen LogP contribution in [0.25, 0.3) is 11.4 Å². The number of hydrogen-bond acceptors (Lipinski definition) is 6. The third-order valence-corrected chi connectivity index (χ3v) is 7.96. The van der Waals surface area contributed by atoms with E-state index in [-0.39, 0.29) is 11.4 Å². The molecule has 0 aliphatic heterocycles. The number of rotatable bonds is 24. The van der Waals surface area contributed by atoms with E-state index in [1.54, 1.807) is 0 Å². The highest BCUT2D eigenvalue weighted by atomic mass is 19.4. The molecule has 0 aliphatic rings.